The molecule has 3 rings (SSSR count). The van der Waals surface area contributed by atoms with E-state index in [1.54, 1.807) is 16.2 Å². The third-order valence-electron chi connectivity index (χ3n) is 4.29. The zero-order valence-electron chi connectivity index (χ0n) is 14.0. The number of carbonyl (C=O) groups excluding carboxylic acids is 2. The summed E-state index contributed by atoms with van der Waals surface area (Å²) in [4.78, 5) is 30.1. The zero-order valence-corrected chi connectivity index (χ0v) is 14.8. The van der Waals surface area contributed by atoms with Crippen molar-refractivity contribution < 1.29 is 14.3 Å². The monoisotopic (exact) mass is 336 g/mol. The molecule has 5 nitrogen and oxygen atoms in total. The number of fused-ring (bicyclic) bond motifs is 1. The predicted octanol–water partition coefficient (Wildman–Crippen LogP) is 3.03. The van der Waals surface area contributed by atoms with E-state index in [0.717, 1.165) is 25.8 Å². The molecule has 0 radical (unpaired) electrons. The second-order valence-electron chi connectivity index (χ2n) is 7.21. The summed E-state index contributed by atoms with van der Waals surface area (Å²) in [7, 11) is 0. The number of nitrogens with zero attached hydrogens (tertiary/aromatic N) is 2. The lowest BCUT2D eigenvalue weighted by Gasteiger charge is -2.33. The number of hydrogen-bond donors (Lipinski definition) is 0. The number of ether oxygens (including phenoxy) is 1. The van der Waals surface area contributed by atoms with Crippen LogP contribution in [0.4, 0.5) is 4.79 Å². The van der Waals surface area contributed by atoms with Gasteiger partial charge in [0.05, 0.1) is 0 Å². The molecule has 1 saturated heterocycles. The van der Waals surface area contributed by atoms with Crippen molar-refractivity contribution in [2.24, 2.45) is 0 Å². The van der Waals surface area contributed by atoms with Gasteiger partial charge in [-0.2, -0.15) is 0 Å². The predicted molar refractivity (Wildman–Crippen MR) is 89.4 cm³/mol. The van der Waals surface area contributed by atoms with Crippen LogP contribution in [0.1, 0.15) is 44.1 Å². The molecule has 0 saturated carbocycles. The highest BCUT2D eigenvalue weighted by atomic mass is 32.1. The molecule has 2 amide bonds. The third-order valence-corrected chi connectivity index (χ3v) is 5.31. The first-order valence-electron chi connectivity index (χ1n) is 8.19. The molecule has 0 spiro atoms. The van der Waals surface area contributed by atoms with Crippen LogP contribution in [0, 0.1) is 0 Å². The Morgan fingerprint density at radius 3 is 2.83 bits per heavy atom. The highest BCUT2D eigenvalue weighted by Crippen LogP contribution is 2.27. The van der Waals surface area contributed by atoms with Crippen LogP contribution in [-0.4, -0.2) is 46.5 Å². The number of hydrogen-bond acceptors (Lipinski definition) is 4. The average Bonchev–Trinajstić information content (AvgIpc) is 3.12. The van der Waals surface area contributed by atoms with Crippen LogP contribution in [-0.2, 0) is 22.5 Å². The Hall–Kier alpha value is -1.56. The summed E-state index contributed by atoms with van der Waals surface area (Å²) in [6, 6.07) is 1.73. The highest BCUT2D eigenvalue weighted by Gasteiger charge is 2.39. The van der Waals surface area contributed by atoms with Gasteiger partial charge in [-0.15, -0.1) is 11.3 Å². The van der Waals surface area contributed by atoms with Gasteiger partial charge in [0.25, 0.3) is 0 Å². The molecule has 23 heavy (non-hydrogen) atoms. The maximum atomic E-state index is 12.9. The number of carbonyl (C=O) groups is 2. The van der Waals surface area contributed by atoms with E-state index in [2.05, 4.69) is 11.4 Å². The van der Waals surface area contributed by atoms with Crippen LogP contribution in [0.3, 0.4) is 0 Å². The third kappa shape index (κ3) is 3.52. The largest absolute Gasteiger partial charge is 0.444 e. The van der Waals surface area contributed by atoms with Crippen molar-refractivity contribution in [2.75, 3.05) is 13.1 Å². The van der Waals surface area contributed by atoms with Crippen molar-refractivity contribution in [1.29, 1.82) is 0 Å². The van der Waals surface area contributed by atoms with Crippen LogP contribution in [0.5, 0.6) is 0 Å². The van der Waals surface area contributed by atoms with Gasteiger partial charge in [-0.1, -0.05) is 0 Å². The summed E-state index contributed by atoms with van der Waals surface area (Å²) < 4.78 is 5.45. The summed E-state index contributed by atoms with van der Waals surface area (Å²) in [6.07, 6.45) is 2.12. The molecule has 1 aromatic heterocycles. The molecule has 0 N–H and O–H groups in total. The van der Waals surface area contributed by atoms with Gasteiger partial charge in [-0.25, -0.2) is 4.79 Å². The number of thiophene rings is 1. The lowest BCUT2D eigenvalue weighted by molar-refractivity contribution is -0.136. The molecule has 0 aliphatic carbocycles. The molecule has 2 aliphatic rings. The fourth-order valence-corrected chi connectivity index (χ4v) is 4.10. The molecule has 126 valence electrons. The Morgan fingerprint density at radius 2 is 2.09 bits per heavy atom. The SMILES string of the molecule is CC(C)(C)OC(=O)N1CCCC1C(=O)N1CCc2sccc2C1. The lowest BCUT2D eigenvalue weighted by Crippen LogP contribution is -2.50. The van der Waals surface area contributed by atoms with Crippen LogP contribution in [0.2, 0.25) is 0 Å². The fraction of sp³-hybridized carbons (Fsp3) is 0.647. The minimum atomic E-state index is -0.538. The second-order valence-corrected chi connectivity index (χ2v) is 8.21. The normalized spacial score (nSPS) is 21.3. The first-order valence-corrected chi connectivity index (χ1v) is 9.07. The quantitative estimate of drug-likeness (QED) is 0.792. The zero-order chi connectivity index (χ0) is 16.6. The summed E-state index contributed by atoms with van der Waals surface area (Å²) in [5, 5.41) is 2.08. The molecule has 0 aromatic carbocycles. The molecule has 1 unspecified atom stereocenters. The Labute approximate surface area is 141 Å². The highest BCUT2D eigenvalue weighted by molar-refractivity contribution is 7.10. The Morgan fingerprint density at radius 1 is 1.30 bits per heavy atom. The summed E-state index contributed by atoms with van der Waals surface area (Å²) in [5.74, 6) is 0.0604. The van der Waals surface area contributed by atoms with Crippen LogP contribution in [0.25, 0.3) is 0 Å². The van der Waals surface area contributed by atoms with Gasteiger partial charge in [0.15, 0.2) is 0 Å². The van der Waals surface area contributed by atoms with E-state index >= 15 is 0 Å². The summed E-state index contributed by atoms with van der Waals surface area (Å²) >= 11 is 1.76. The van der Waals surface area contributed by atoms with Crippen molar-refractivity contribution in [3.05, 3.63) is 21.9 Å². The first-order chi connectivity index (χ1) is 10.8. The van der Waals surface area contributed by atoms with Crippen molar-refractivity contribution in [1.82, 2.24) is 9.80 Å². The van der Waals surface area contributed by atoms with Gasteiger partial charge in [-0.05, 0) is 57.0 Å². The second kappa shape index (κ2) is 6.15. The minimum absolute atomic E-state index is 0.0604. The Balaban J connectivity index is 1.68. The standard InChI is InChI=1S/C17H24N2O3S/c1-17(2,3)22-16(21)19-8-4-5-13(19)15(20)18-9-6-14-12(11-18)7-10-23-14/h7,10,13H,4-6,8-9,11H2,1-3H3. The molecule has 3 heterocycles. The van der Waals surface area contributed by atoms with E-state index in [9.17, 15) is 9.59 Å². The van der Waals surface area contributed by atoms with E-state index in [-0.39, 0.29) is 18.0 Å². The van der Waals surface area contributed by atoms with Crippen molar-refractivity contribution in [3.8, 4) is 0 Å². The van der Waals surface area contributed by atoms with Gasteiger partial charge >= 0.3 is 6.09 Å². The van der Waals surface area contributed by atoms with Crippen LogP contribution in [0.15, 0.2) is 11.4 Å². The number of rotatable bonds is 1. The molecule has 2 aliphatic heterocycles. The summed E-state index contributed by atoms with van der Waals surface area (Å²) in [6.45, 7) is 7.55. The van der Waals surface area contributed by atoms with E-state index < -0.39 is 5.60 Å². The topological polar surface area (TPSA) is 49.9 Å². The molecule has 1 atom stereocenters. The minimum Gasteiger partial charge on any atom is -0.444 e. The summed E-state index contributed by atoms with van der Waals surface area (Å²) in [5.41, 5.74) is 0.709. The van der Waals surface area contributed by atoms with E-state index in [4.69, 9.17) is 4.74 Å². The molecule has 1 aromatic rings. The van der Waals surface area contributed by atoms with Crippen molar-refractivity contribution in [2.45, 2.75) is 58.2 Å². The molecule has 1 fully saturated rings. The smallest absolute Gasteiger partial charge is 0.410 e. The fourth-order valence-electron chi connectivity index (χ4n) is 3.21. The number of likely N-dealkylation sites (tertiary alicyclic amines) is 1. The van der Waals surface area contributed by atoms with Gasteiger partial charge in [0.2, 0.25) is 5.91 Å². The Kier molecular flexibility index (Phi) is 4.36. The van der Waals surface area contributed by atoms with Gasteiger partial charge in [0.1, 0.15) is 11.6 Å². The van der Waals surface area contributed by atoms with Gasteiger partial charge in [-0.3, -0.25) is 9.69 Å². The average molecular weight is 336 g/mol. The maximum absolute atomic E-state index is 12.9. The molecule has 0 bridgehead atoms. The van der Waals surface area contributed by atoms with E-state index in [1.165, 1.54) is 10.4 Å². The molecule has 6 heteroatoms. The van der Waals surface area contributed by atoms with Gasteiger partial charge in [0, 0.05) is 24.5 Å². The lowest BCUT2D eigenvalue weighted by atomic mass is 10.1. The van der Waals surface area contributed by atoms with E-state index in [0.29, 0.717) is 13.1 Å². The Bertz CT molecular complexity index is 605. The maximum Gasteiger partial charge on any atom is 0.410 e. The molecular weight excluding hydrogens is 312 g/mol. The van der Waals surface area contributed by atoms with Crippen molar-refractivity contribution in [3.63, 3.8) is 0 Å². The molecular formula is C17H24N2O3S. The first kappa shape index (κ1) is 16.3. The van der Waals surface area contributed by atoms with Crippen molar-refractivity contribution >= 4 is 23.3 Å². The van der Waals surface area contributed by atoms with Crippen LogP contribution >= 0.6 is 11.3 Å². The van der Waals surface area contributed by atoms with Crippen LogP contribution < -0.4 is 0 Å². The van der Waals surface area contributed by atoms with E-state index in [1.807, 2.05) is 25.7 Å². The number of amides is 2. The van der Waals surface area contributed by atoms with Gasteiger partial charge < -0.3 is 9.64 Å².